The van der Waals surface area contributed by atoms with Crippen LogP contribution in [0.3, 0.4) is 0 Å². The van der Waals surface area contributed by atoms with Crippen LogP contribution in [0.15, 0.2) is 40.4 Å². The Kier molecular flexibility index (Phi) is 6.08. The standard InChI is InChI=1S/C20H25N3OS/c1-14-13-15(2)22-20(21-14)25-18-10-8-17(9-11-18)23-19(24)12-7-16-5-3-4-6-16/h8-11,13,16H,3-7,12H2,1-2H3,(H,23,24). The SMILES string of the molecule is Cc1cc(C)nc(Sc2ccc(NC(=O)CCC3CCCC3)cc2)n1. The molecule has 0 atom stereocenters. The van der Waals surface area contributed by atoms with Crippen LogP contribution < -0.4 is 5.32 Å². The third-order valence-corrected chi connectivity index (χ3v) is 5.44. The third-order valence-electron chi connectivity index (χ3n) is 4.56. The number of nitrogens with zero attached hydrogens (tertiary/aromatic N) is 2. The van der Waals surface area contributed by atoms with E-state index in [1.165, 1.54) is 37.4 Å². The molecule has 1 N–H and O–H groups in total. The first-order valence-corrected chi connectivity index (χ1v) is 9.80. The number of carbonyl (C=O) groups excluding carboxylic acids is 1. The molecule has 1 aliphatic rings. The number of aryl methyl sites for hydroxylation is 2. The number of aromatic nitrogens is 2. The Bertz CT molecular complexity index is 704. The van der Waals surface area contributed by atoms with Crippen molar-refractivity contribution in [3.05, 3.63) is 41.7 Å². The summed E-state index contributed by atoms with van der Waals surface area (Å²) in [6.07, 6.45) is 6.88. The van der Waals surface area contributed by atoms with Gasteiger partial charge in [0.15, 0.2) is 5.16 Å². The monoisotopic (exact) mass is 355 g/mol. The topological polar surface area (TPSA) is 54.9 Å². The summed E-state index contributed by atoms with van der Waals surface area (Å²) >= 11 is 1.54. The quantitative estimate of drug-likeness (QED) is 0.728. The van der Waals surface area contributed by atoms with Crippen molar-refractivity contribution < 1.29 is 4.79 Å². The van der Waals surface area contributed by atoms with Gasteiger partial charge in [0.2, 0.25) is 5.91 Å². The van der Waals surface area contributed by atoms with Gasteiger partial charge in [-0.1, -0.05) is 25.7 Å². The normalized spacial score (nSPS) is 14.6. The Morgan fingerprint density at radius 1 is 1.12 bits per heavy atom. The van der Waals surface area contributed by atoms with Crippen LogP contribution in [0.5, 0.6) is 0 Å². The van der Waals surface area contributed by atoms with E-state index >= 15 is 0 Å². The van der Waals surface area contributed by atoms with Crippen LogP contribution in [0, 0.1) is 19.8 Å². The number of amides is 1. The molecular formula is C20H25N3OS. The van der Waals surface area contributed by atoms with Crippen LogP contribution in [0.25, 0.3) is 0 Å². The van der Waals surface area contributed by atoms with Crippen molar-refractivity contribution in [3.8, 4) is 0 Å². The predicted octanol–water partition coefficient (Wildman–Crippen LogP) is 5.15. The van der Waals surface area contributed by atoms with Crippen LogP contribution in [0.2, 0.25) is 0 Å². The van der Waals surface area contributed by atoms with Crippen LogP contribution in [0.4, 0.5) is 5.69 Å². The molecule has 0 spiro atoms. The Labute approximate surface area is 153 Å². The van der Waals surface area contributed by atoms with Crippen LogP contribution in [-0.2, 0) is 4.79 Å². The number of carbonyl (C=O) groups is 1. The van der Waals surface area contributed by atoms with Crippen molar-refractivity contribution in [1.82, 2.24) is 9.97 Å². The number of nitrogens with one attached hydrogen (secondary N) is 1. The van der Waals surface area contributed by atoms with Gasteiger partial charge < -0.3 is 5.32 Å². The minimum atomic E-state index is 0.116. The summed E-state index contributed by atoms with van der Waals surface area (Å²) in [5.41, 5.74) is 2.80. The zero-order valence-corrected chi connectivity index (χ0v) is 15.7. The summed E-state index contributed by atoms with van der Waals surface area (Å²) < 4.78 is 0. The Morgan fingerprint density at radius 2 is 1.76 bits per heavy atom. The lowest BCUT2D eigenvalue weighted by molar-refractivity contribution is -0.116. The zero-order chi connectivity index (χ0) is 17.6. The molecule has 4 nitrogen and oxygen atoms in total. The van der Waals surface area contributed by atoms with Crippen LogP contribution in [-0.4, -0.2) is 15.9 Å². The highest BCUT2D eigenvalue weighted by Gasteiger charge is 2.16. The number of benzene rings is 1. The van der Waals surface area contributed by atoms with E-state index < -0.39 is 0 Å². The molecule has 2 aromatic rings. The van der Waals surface area contributed by atoms with Crippen LogP contribution >= 0.6 is 11.8 Å². The van der Waals surface area contributed by atoms with E-state index in [1.54, 1.807) is 0 Å². The van der Waals surface area contributed by atoms with Gasteiger partial charge in [0.25, 0.3) is 0 Å². The second-order valence-corrected chi connectivity index (χ2v) is 7.84. The lowest BCUT2D eigenvalue weighted by Gasteiger charge is -2.09. The zero-order valence-electron chi connectivity index (χ0n) is 14.9. The molecule has 0 unspecified atom stereocenters. The van der Waals surface area contributed by atoms with Crippen molar-refractivity contribution in [2.45, 2.75) is 62.4 Å². The number of rotatable bonds is 6. The van der Waals surface area contributed by atoms with Crippen molar-refractivity contribution in [1.29, 1.82) is 0 Å². The molecule has 0 radical (unpaired) electrons. The van der Waals surface area contributed by atoms with Gasteiger partial charge in [-0.05, 0) is 68.3 Å². The molecule has 1 aliphatic carbocycles. The van der Waals surface area contributed by atoms with E-state index in [9.17, 15) is 4.79 Å². The molecule has 1 heterocycles. The second kappa shape index (κ2) is 8.48. The van der Waals surface area contributed by atoms with E-state index in [-0.39, 0.29) is 5.91 Å². The summed E-state index contributed by atoms with van der Waals surface area (Å²) in [5.74, 6) is 0.868. The van der Waals surface area contributed by atoms with Crippen molar-refractivity contribution in [2.75, 3.05) is 5.32 Å². The summed E-state index contributed by atoms with van der Waals surface area (Å²) in [6, 6.07) is 9.85. The largest absolute Gasteiger partial charge is 0.326 e. The van der Waals surface area contributed by atoms with Gasteiger partial charge >= 0.3 is 0 Å². The lowest BCUT2D eigenvalue weighted by Crippen LogP contribution is -2.12. The third kappa shape index (κ3) is 5.56. The van der Waals surface area contributed by atoms with Crippen LogP contribution in [0.1, 0.15) is 49.9 Å². The summed E-state index contributed by atoms with van der Waals surface area (Å²) in [5, 5.41) is 3.75. The number of hydrogen-bond donors (Lipinski definition) is 1. The molecule has 0 saturated heterocycles. The first-order chi connectivity index (χ1) is 12.1. The van der Waals surface area contributed by atoms with E-state index in [0.29, 0.717) is 6.42 Å². The molecule has 1 saturated carbocycles. The molecule has 0 bridgehead atoms. The molecule has 1 aromatic heterocycles. The fraction of sp³-hybridized carbons (Fsp3) is 0.450. The van der Waals surface area contributed by atoms with Gasteiger partial charge in [-0.15, -0.1) is 0 Å². The van der Waals surface area contributed by atoms with E-state index in [0.717, 1.165) is 39.5 Å². The second-order valence-electron chi connectivity index (χ2n) is 6.80. The van der Waals surface area contributed by atoms with Crippen molar-refractivity contribution in [2.24, 2.45) is 5.92 Å². The van der Waals surface area contributed by atoms with Gasteiger partial charge in [0.1, 0.15) is 0 Å². The van der Waals surface area contributed by atoms with Crippen molar-refractivity contribution in [3.63, 3.8) is 0 Å². The fourth-order valence-electron chi connectivity index (χ4n) is 3.31. The van der Waals surface area contributed by atoms with Gasteiger partial charge in [-0.3, -0.25) is 4.79 Å². The number of hydrogen-bond acceptors (Lipinski definition) is 4. The highest BCUT2D eigenvalue weighted by Crippen LogP contribution is 2.29. The summed E-state index contributed by atoms with van der Waals surface area (Å²) in [6.45, 7) is 3.95. The van der Waals surface area contributed by atoms with Gasteiger partial charge in [-0.25, -0.2) is 9.97 Å². The van der Waals surface area contributed by atoms with Crippen molar-refractivity contribution >= 4 is 23.4 Å². The molecule has 1 amide bonds. The van der Waals surface area contributed by atoms with E-state index in [2.05, 4.69) is 15.3 Å². The molecule has 5 heteroatoms. The highest BCUT2D eigenvalue weighted by atomic mass is 32.2. The minimum Gasteiger partial charge on any atom is -0.326 e. The molecule has 1 fully saturated rings. The Balaban J connectivity index is 1.51. The van der Waals surface area contributed by atoms with Gasteiger partial charge in [-0.2, -0.15) is 0 Å². The first-order valence-electron chi connectivity index (χ1n) is 8.98. The molecule has 25 heavy (non-hydrogen) atoms. The van der Waals surface area contributed by atoms with Gasteiger partial charge in [0, 0.05) is 28.4 Å². The number of anilines is 1. The molecule has 132 valence electrons. The summed E-state index contributed by atoms with van der Waals surface area (Å²) in [7, 11) is 0. The molecule has 1 aromatic carbocycles. The fourth-order valence-corrected chi connectivity index (χ4v) is 4.17. The molecule has 3 rings (SSSR count). The first kappa shape index (κ1) is 17.9. The molecule has 0 aliphatic heterocycles. The average Bonchev–Trinajstić information content (AvgIpc) is 3.07. The average molecular weight is 356 g/mol. The lowest BCUT2D eigenvalue weighted by atomic mass is 10.0. The maximum Gasteiger partial charge on any atom is 0.224 e. The maximum atomic E-state index is 12.1. The Hall–Kier alpha value is -1.88. The predicted molar refractivity (Wildman–Crippen MR) is 102 cm³/mol. The minimum absolute atomic E-state index is 0.116. The smallest absolute Gasteiger partial charge is 0.224 e. The molecular weight excluding hydrogens is 330 g/mol. The summed E-state index contributed by atoms with van der Waals surface area (Å²) in [4.78, 5) is 22.0. The highest BCUT2D eigenvalue weighted by molar-refractivity contribution is 7.99. The Morgan fingerprint density at radius 3 is 2.40 bits per heavy atom. The van der Waals surface area contributed by atoms with E-state index in [1.807, 2.05) is 44.2 Å². The van der Waals surface area contributed by atoms with Gasteiger partial charge in [0.05, 0.1) is 0 Å². The maximum absolute atomic E-state index is 12.1. The van der Waals surface area contributed by atoms with E-state index in [4.69, 9.17) is 0 Å².